The largest absolute Gasteiger partial charge is 0.356 e. The third-order valence-electron chi connectivity index (χ3n) is 3.52. The topological polar surface area (TPSA) is 42.1 Å². The molecule has 0 bridgehead atoms. The number of nitrogens with zero attached hydrogens (tertiary/aromatic N) is 2. The smallest absolute Gasteiger partial charge is 0.128 e. The van der Waals surface area contributed by atoms with Crippen LogP contribution >= 0.6 is 0 Å². The first-order valence-electron chi connectivity index (χ1n) is 6.44. The summed E-state index contributed by atoms with van der Waals surface area (Å²) < 4.78 is 0. The lowest BCUT2D eigenvalue weighted by Gasteiger charge is -2.38. The van der Waals surface area contributed by atoms with Crippen molar-refractivity contribution < 1.29 is 0 Å². The van der Waals surface area contributed by atoms with E-state index in [2.05, 4.69) is 29.8 Å². The van der Waals surface area contributed by atoms with Crippen molar-refractivity contribution in [3.63, 3.8) is 0 Å². The highest BCUT2D eigenvalue weighted by molar-refractivity contribution is 5.42. The number of hydrogen-bond donors (Lipinski definition) is 1. The quantitative estimate of drug-likeness (QED) is 0.854. The molecule has 1 unspecified atom stereocenters. The van der Waals surface area contributed by atoms with E-state index >= 15 is 0 Å². The number of anilines is 1. The Morgan fingerprint density at radius 1 is 1.47 bits per heavy atom. The predicted octanol–water partition coefficient (Wildman–Crippen LogP) is 2.73. The van der Waals surface area contributed by atoms with Gasteiger partial charge in [0.25, 0.3) is 0 Å². The standard InChI is InChI=1S/C14H23N3/c1-11(15)12-5-7-16-13(9-12)17-8-4-6-14(2,3)10-17/h5,7,9,11H,4,6,8,10,15H2,1-3H3. The summed E-state index contributed by atoms with van der Waals surface area (Å²) in [4.78, 5) is 6.87. The van der Waals surface area contributed by atoms with Gasteiger partial charge < -0.3 is 10.6 Å². The zero-order chi connectivity index (χ0) is 12.5. The van der Waals surface area contributed by atoms with Crippen LogP contribution < -0.4 is 10.6 Å². The minimum absolute atomic E-state index is 0.0783. The van der Waals surface area contributed by atoms with E-state index < -0.39 is 0 Å². The first kappa shape index (κ1) is 12.4. The maximum absolute atomic E-state index is 5.92. The summed E-state index contributed by atoms with van der Waals surface area (Å²) in [5, 5.41) is 0. The van der Waals surface area contributed by atoms with Gasteiger partial charge in [0.2, 0.25) is 0 Å². The molecule has 1 aromatic heterocycles. The average molecular weight is 233 g/mol. The molecule has 1 aliphatic rings. The first-order valence-corrected chi connectivity index (χ1v) is 6.44. The summed E-state index contributed by atoms with van der Waals surface area (Å²) in [7, 11) is 0. The van der Waals surface area contributed by atoms with Gasteiger partial charge in [0.1, 0.15) is 5.82 Å². The zero-order valence-corrected chi connectivity index (χ0v) is 11.1. The van der Waals surface area contributed by atoms with Gasteiger partial charge in [0.05, 0.1) is 0 Å². The molecular weight excluding hydrogens is 210 g/mol. The van der Waals surface area contributed by atoms with E-state index in [0.717, 1.165) is 18.9 Å². The lowest BCUT2D eigenvalue weighted by atomic mass is 9.84. The van der Waals surface area contributed by atoms with Crippen LogP contribution in [0.1, 0.15) is 45.2 Å². The van der Waals surface area contributed by atoms with Gasteiger partial charge in [-0.25, -0.2) is 4.98 Å². The molecule has 1 saturated heterocycles. The fraction of sp³-hybridized carbons (Fsp3) is 0.643. The molecule has 0 amide bonds. The summed E-state index contributed by atoms with van der Waals surface area (Å²) in [5.74, 6) is 1.08. The van der Waals surface area contributed by atoms with E-state index in [-0.39, 0.29) is 6.04 Å². The molecule has 94 valence electrons. The van der Waals surface area contributed by atoms with Crippen LogP contribution in [0.4, 0.5) is 5.82 Å². The Morgan fingerprint density at radius 3 is 2.88 bits per heavy atom. The molecule has 1 aromatic rings. The van der Waals surface area contributed by atoms with Crippen LogP contribution in [0, 0.1) is 5.41 Å². The second kappa shape index (κ2) is 4.65. The molecule has 0 spiro atoms. The Morgan fingerprint density at radius 2 is 2.24 bits per heavy atom. The van der Waals surface area contributed by atoms with E-state index in [4.69, 9.17) is 5.73 Å². The van der Waals surface area contributed by atoms with Crippen molar-refractivity contribution >= 4 is 5.82 Å². The molecular formula is C14H23N3. The molecule has 2 rings (SSSR count). The molecule has 0 aromatic carbocycles. The van der Waals surface area contributed by atoms with Gasteiger partial charge in [0.15, 0.2) is 0 Å². The van der Waals surface area contributed by atoms with Crippen LogP contribution in [-0.2, 0) is 0 Å². The molecule has 0 aliphatic carbocycles. The van der Waals surface area contributed by atoms with E-state index in [1.54, 1.807) is 0 Å². The highest BCUT2D eigenvalue weighted by atomic mass is 15.2. The van der Waals surface area contributed by atoms with Crippen LogP contribution in [-0.4, -0.2) is 18.1 Å². The average Bonchev–Trinajstić information content (AvgIpc) is 2.28. The second-order valence-electron chi connectivity index (χ2n) is 5.93. The molecule has 0 radical (unpaired) electrons. The molecule has 3 heteroatoms. The highest BCUT2D eigenvalue weighted by Gasteiger charge is 2.27. The lowest BCUT2D eigenvalue weighted by molar-refractivity contribution is 0.292. The summed E-state index contributed by atoms with van der Waals surface area (Å²) in [6.45, 7) is 8.86. The summed E-state index contributed by atoms with van der Waals surface area (Å²) in [6.07, 6.45) is 4.42. The van der Waals surface area contributed by atoms with Gasteiger partial charge in [-0.2, -0.15) is 0 Å². The van der Waals surface area contributed by atoms with Crippen molar-refractivity contribution in [3.8, 4) is 0 Å². The third-order valence-corrected chi connectivity index (χ3v) is 3.52. The van der Waals surface area contributed by atoms with Crippen LogP contribution in [0.15, 0.2) is 18.3 Å². The Bertz CT molecular complexity index is 385. The van der Waals surface area contributed by atoms with Gasteiger partial charge in [-0.1, -0.05) is 13.8 Å². The van der Waals surface area contributed by atoms with Gasteiger partial charge >= 0.3 is 0 Å². The van der Waals surface area contributed by atoms with Crippen molar-refractivity contribution in [1.29, 1.82) is 0 Å². The number of aromatic nitrogens is 1. The number of nitrogens with two attached hydrogens (primary N) is 1. The molecule has 2 heterocycles. The fourth-order valence-corrected chi connectivity index (χ4v) is 2.51. The highest BCUT2D eigenvalue weighted by Crippen LogP contribution is 2.31. The van der Waals surface area contributed by atoms with Crippen molar-refractivity contribution in [2.24, 2.45) is 11.1 Å². The molecule has 0 saturated carbocycles. The molecule has 1 fully saturated rings. The molecule has 1 aliphatic heterocycles. The summed E-state index contributed by atoms with van der Waals surface area (Å²) in [5.41, 5.74) is 7.48. The minimum atomic E-state index is 0.0783. The van der Waals surface area contributed by atoms with Gasteiger partial charge in [-0.05, 0) is 42.9 Å². The predicted molar refractivity (Wildman–Crippen MR) is 72.1 cm³/mol. The lowest BCUT2D eigenvalue weighted by Crippen LogP contribution is -2.40. The summed E-state index contributed by atoms with van der Waals surface area (Å²) in [6, 6.07) is 4.21. The molecule has 1 atom stereocenters. The Hall–Kier alpha value is -1.09. The molecule has 3 nitrogen and oxygen atoms in total. The van der Waals surface area contributed by atoms with Crippen molar-refractivity contribution in [1.82, 2.24) is 4.98 Å². The monoisotopic (exact) mass is 233 g/mol. The van der Waals surface area contributed by atoms with Crippen molar-refractivity contribution in [2.75, 3.05) is 18.0 Å². The fourth-order valence-electron chi connectivity index (χ4n) is 2.51. The van der Waals surface area contributed by atoms with Gasteiger partial charge in [-0.15, -0.1) is 0 Å². The Balaban J connectivity index is 2.19. The first-order chi connectivity index (χ1) is 7.98. The molecule has 2 N–H and O–H groups in total. The van der Waals surface area contributed by atoms with E-state index in [9.17, 15) is 0 Å². The van der Waals surface area contributed by atoms with E-state index in [1.165, 1.54) is 18.4 Å². The SMILES string of the molecule is CC(N)c1ccnc(N2CCCC(C)(C)C2)c1. The van der Waals surface area contributed by atoms with Crippen molar-refractivity contribution in [3.05, 3.63) is 23.9 Å². The zero-order valence-electron chi connectivity index (χ0n) is 11.1. The number of pyridine rings is 1. The number of hydrogen-bond acceptors (Lipinski definition) is 3. The van der Waals surface area contributed by atoms with E-state index in [1.807, 2.05) is 19.2 Å². The normalized spacial score (nSPS) is 21.3. The van der Waals surface area contributed by atoms with Crippen LogP contribution in [0.25, 0.3) is 0 Å². The number of rotatable bonds is 2. The number of piperidine rings is 1. The third kappa shape index (κ3) is 2.97. The van der Waals surface area contributed by atoms with Gasteiger partial charge in [-0.3, -0.25) is 0 Å². The minimum Gasteiger partial charge on any atom is -0.356 e. The maximum Gasteiger partial charge on any atom is 0.128 e. The Labute approximate surface area is 104 Å². The van der Waals surface area contributed by atoms with E-state index in [0.29, 0.717) is 5.41 Å². The van der Waals surface area contributed by atoms with Crippen LogP contribution in [0.2, 0.25) is 0 Å². The summed E-state index contributed by atoms with van der Waals surface area (Å²) >= 11 is 0. The van der Waals surface area contributed by atoms with Crippen LogP contribution in [0.5, 0.6) is 0 Å². The van der Waals surface area contributed by atoms with Crippen LogP contribution in [0.3, 0.4) is 0 Å². The Kier molecular flexibility index (Phi) is 3.38. The molecule has 17 heavy (non-hydrogen) atoms. The second-order valence-corrected chi connectivity index (χ2v) is 5.93. The maximum atomic E-state index is 5.92. The van der Waals surface area contributed by atoms with Crippen molar-refractivity contribution in [2.45, 2.75) is 39.7 Å². The van der Waals surface area contributed by atoms with Gasteiger partial charge in [0, 0.05) is 25.3 Å².